The maximum atomic E-state index is 11.0. The molecule has 0 aliphatic carbocycles. The Kier molecular flexibility index (Phi) is 3.79. The summed E-state index contributed by atoms with van der Waals surface area (Å²) in [5.41, 5.74) is 1.67. The molecule has 1 heterocycles. The lowest BCUT2D eigenvalue weighted by molar-refractivity contribution is -0.861. The Bertz CT molecular complexity index is 546. The average molecular weight is 247 g/mol. The first-order valence-corrected chi connectivity index (χ1v) is 6.12. The third-order valence-electron chi connectivity index (χ3n) is 3.00. The highest BCUT2D eigenvalue weighted by Crippen LogP contribution is 2.20. The van der Waals surface area contributed by atoms with E-state index in [1.165, 1.54) is 4.90 Å². The number of aromatic nitrogens is 1. The Balaban J connectivity index is 2.30. The second-order valence-electron chi connectivity index (χ2n) is 4.94. The van der Waals surface area contributed by atoms with Gasteiger partial charge in [-0.2, -0.15) is 0 Å². The number of aldehydes is 1. The summed E-state index contributed by atoms with van der Waals surface area (Å²) in [6.07, 6.45) is 2.26. The summed E-state index contributed by atoms with van der Waals surface area (Å²) in [6.45, 7) is 1.20. The Morgan fingerprint density at radius 3 is 2.78 bits per heavy atom. The molecule has 2 rings (SSSR count). The Labute approximate surface area is 106 Å². The monoisotopic (exact) mass is 247 g/mol. The molecule has 1 aromatic carbocycles. The molecule has 1 aromatic heterocycles. The van der Waals surface area contributed by atoms with E-state index >= 15 is 0 Å². The van der Waals surface area contributed by atoms with E-state index in [1.807, 2.05) is 49.1 Å². The van der Waals surface area contributed by atoms with Gasteiger partial charge in [0, 0.05) is 22.7 Å². The van der Waals surface area contributed by atoms with Gasteiger partial charge in [0.25, 0.3) is 0 Å². The second-order valence-corrected chi connectivity index (χ2v) is 4.94. The number of nitrogens with zero attached hydrogens (tertiary/aromatic N) is 1. The predicted molar refractivity (Wildman–Crippen MR) is 71.0 cm³/mol. The van der Waals surface area contributed by atoms with Crippen molar-refractivity contribution in [3.05, 3.63) is 36.0 Å². The van der Waals surface area contributed by atoms with Crippen LogP contribution in [-0.2, 0) is 6.54 Å². The molecule has 18 heavy (non-hydrogen) atoms. The lowest BCUT2D eigenvalue weighted by atomic mass is 10.2. The molecule has 0 amide bonds. The first-order valence-electron chi connectivity index (χ1n) is 6.12. The van der Waals surface area contributed by atoms with Crippen LogP contribution in [0.2, 0.25) is 0 Å². The topological polar surface area (TPSA) is 46.7 Å². The molecule has 4 nitrogen and oxygen atoms in total. The number of quaternary nitrogens is 1. The number of aliphatic hydroxyl groups excluding tert-OH is 1. The minimum Gasteiger partial charge on any atom is -0.385 e. The lowest BCUT2D eigenvalue weighted by Gasteiger charge is -2.14. The van der Waals surface area contributed by atoms with Gasteiger partial charge in [-0.15, -0.1) is 0 Å². The van der Waals surface area contributed by atoms with Crippen LogP contribution in [0.5, 0.6) is 0 Å². The number of rotatable bonds is 5. The van der Waals surface area contributed by atoms with Gasteiger partial charge in [-0.3, -0.25) is 4.79 Å². The van der Waals surface area contributed by atoms with E-state index < -0.39 is 6.10 Å². The number of hydrogen-bond donors (Lipinski definition) is 2. The highest BCUT2D eigenvalue weighted by atomic mass is 16.3. The van der Waals surface area contributed by atoms with Gasteiger partial charge in [0.2, 0.25) is 0 Å². The number of fused-ring (bicyclic) bond motifs is 1. The van der Waals surface area contributed by atoms with Crippen molar-refractivity contribution in [2.24, 2.45) is 0 Å². The summed E-state index contributed by atoms with van der Waals surface area (Å²) in [7, 11) is 4.02. The quantitative estimate of drug-likeness (QED) is 0.728. The fraction of sp³-hybridized carbons (Fsp3) is 0.357. The van der Waals surface area contributed by atoms with Crippen LogP contribution in [0.4, 0.5) is 0 Å². The largest absolute Gasteiger partial charge is 0.385 e. The van der Waals surface area contributed by atoms with Gasteiger partial charge in [0.1, 0.15) is 12.6 Å². The van der Waals surface area contributed by atoms with E-state index in [9.17, 15) is 9.90 Å². The molecule has 0 aliphatic heterocycles. The predicted octanol–water partition coefficient (Wildman–Crippen LogP) is -0.0408. The number of likely N-dealkylation sites (N-methyl/N-ethyl adjacent to an activating group) is 1. The molecule has 96 valence electrons. The molecule has 0 bridgehead atoms. The second kappa shape index (κ2) is 5.33. The fourth-order valence-corrected chi connectivity index (χ4v) is 2.28. The van der Waals surface area contributed by atoms with E-state index in [4.69, 9.17) is 0 Å². The van der Waals surface area contributed by atoms with Crippen molar-refractivity contribution in [2.45, 2.75) is 12.6 Å². The van der Waals surface area contributed by atoms with Crippen LogP contribution in [-0.4, -0.2) is 42.7 Å². The van der Waals surface area contributed by atoms with Gasteiger partial charge in [-0.25, -0.2) is 0 Å². The number of carbonyl (C=O) groups is 1. The maximum Gasteiger partial charge on any atom is 0.152 e. The standard InChI is InChI=1S/C14H18N2O2/c1-15(2)8-12(18)9-16-7-11(10-17)13-5-3-4-6-14(13)16/h3-7,10,12,18H,8-9H2,1-2H3/p+1/t12-/m1/s1. The minimum atomic E-state index is -0.412. The third kappa shape index (κ3) is 2.60. The SMILES string of the molecule is C[NH+](C)C[C@@H](O)Cn1cc(C=O)c2ccccc21. The van der Waals surface area contributed by atoms with E-state index in [0.29, 0.717) is 18.7 Å². The molecule has 2 N–H and O–H groups in total. The summed E-state index contributed by atoms with van der Waals surface area (Å²) in [5.74, 6) is 0. The summed E-state index contributed by atoms with van der Waals surface area (Å²) < 4.78 is 1.95. The smallest absolute Gasteiger partial charge is 0.152 e. The summed E-state index contributed by atoms with van der Waals surface area (Å²) >= 11 is 0. The Morgan fingerprint density at radius 1 is 1.39 bits per heavy atom. The van der Waals surface area contributed by atoms with Crippen molar-refractivity contribution in [2.75, 3.05) is 20.6 Å². The van der Waals surface area contributed by atoms with Crippen LogP contribution in [0.1, 0.15) is 10.4 Å². The number of aliphatic hydroxyl groups is 1. The zero-order valence-electron chi connectivity index (χ0n) is 10.8. The van der Waals surface area contributed by atoms with Crippen LogP contribution in [0.3, 0.4) is 0 Å². The van der Waals surface area contributed by atoms with Gasteiger partial charge < -0.3 is 14.6 Å². The Morgan fingerprint density at radius 2 is 2.11 bits per heavy atom. The molecule has 1 atom stereocenters. The van der Waals surface area contributed by atoms with Crippen molar-refractivity contribution in [3.8, 4) is 0 Å². The molecule has 4 heteroatoms. The van der Waals surface area contributed by atoms with Crippen LogP contribution in [0, 0.1) is 0 Å². The molecule has 0 fully saturated rings. The summed E-state index contributed by atoms with van der Waals surface area (Å²) in [4.78, 5) is 12.2. The molecular formula is C14H19N2O2+. The van der Waals surface area contributed by atoms with Crippen molar-refractivity contribution >= 4 is 17.2 Å². The Hall–Kier alpha value is -1.65. The zero-order chi connectivity index (χ0) is 13.1. The highest BCUT2D eigenvalue weighted by Gasteiger charge is 2.13. The molecule has 0 saturated heterocycles. The third-order valence-corrected chi connectivity index (χ3v) is 3.00. The van der Waals surface area contributed by atoms with Crippen molar-refractivity contribution in [3.63, 3.8) is 0 Å². The van der Waals surface area contributed by atoms with Gasteiger partial charge in [-0.1, -0.05) is 18.2 Å². The first-order chi connectivity index (χ1) is 8.61. The molecule has 0 spiro atoms. The van der Waals surface area contributed by atoms with Gasteiger partial charge >= 0.3 is 0 Å². The van der Waals surface area contributed by atoms with Crippen LogP contribution in [0.25, 0.3) is 10.9 Å². The van der Waals surface area contributed by atoms with Crippen LogP contribution < -0.4 is 4.90 Å². The van der Waals surface area contributed by atoms with Crippen LogP contribution in [0.15, 0.2) is 30.5 Å². The molecule has 0 unspecified atom stereocenters. The molecular weight excluding hydrogens is 228 g/mol. The van der Waals surface area contributed by atoms with Crippen molar-refractivity contribution in [1.82, 2.24) is 4.57 Å². The number of carbonyl (C=O) groups excluding carboxylic acids is 1. The molecule has 0 aliphatic rings. The minimum absolute atomic E-state index is 0.412. The maximum absolute atomic E-state index is 11.0. The van der Waals surface area contributed by atoms with E-state index in [1.54, 1.807) is 0 Å². The number of nitrogens with one attached hydrogen (secondary N) is 1. The molecule has 0 radical (unpaired) electrons. The van der Waals surface area contributed by atoms with Gasteiger partial charge in [0.05, 0.1) is 20.6 Å². The van der Waals surface area contributed by atoms with E-state index in [-0.39, 0.29) is 0 Å². The summed E-state index contributed by atoms with van der Waals surface area (Å²) in [6, 6.07) is 7.76. The van der Waals surface area contributed by atoms with E-state index in [0.717, 1.165) is 17.2 Å². The highest BCUT2D eigenvalue weighted by molar-refractivity contribution is 5.97. The summed E-state index contributed by atoms with van der Waals surface area (Å²) in [5, 5.41) is 10.9. The normalized spacial score (nSPS) is 13.1. The number of benzene rings is 1. The van der Waals surface area contributed by atoms with Crippen LogP contribution >= 0.6 is 0 Å². The zero-order valence-corrected chi connectivity index (χ0v) is 10.8. The van der Waals surface area contributed by atoms with Crippen molar-refractivity contribution in [1.29, 1.82) is 0 Å². The average Bonchev–Trinajstić information content (AvgIpc) is 2.67. The molecule has 0 saturated carbocycles. The van der Waals surface area contributed by atoms with Crippen molar-refractivity contribution < 1.29 is 14.8 Å². The van der Waals surface area contributed by atoms with Gasteiger partial charge in [-0.05, 0) is 6.07 Å². The lowest BCUT2D eigenvalue weighted by Crippen LogP contribution is -3.07. The first kappa shape index (κ1) is 12.8. The number of para-hydroxylation sites is 1. The fourth-order valence-electron chi connectivity index (χ4n) is 2.28. The molecule has 2 aromatic rings. The van der Waals surface area contributed by atoms with E-state index in [2.05, 4.69) is 0 Å². The van der Waals surface area contributed by atoms with Gasteiger partial charge in [0.15, 0.2) is 6.29 Å². The number of hydrogen-bond acceptors (Lipinski definition) is 2.